The predicted molar refractivity (Wildman–Crippen MR) is 70.4 cm³/mol. The minimum Gasteiger partial charge on any atom is -0.493 e. The second-order valence-corrected chi connectivity index (χ2v) is 4.60. The lowest BCUT2D eigenvalue weighted by Gasteiger charge is -2.14. The minimum atomic E-state index is -0.355. The molecule has 0 amide bonds. The second-order valence-electron chi connectivity index (χ2n) is 4.60. The molecule has 1 rings (SSSR count). The number of ether oxygens (including phenoxy) is 1. The van der Waals surface area contributed by atoms with E-state index in [1.54, 1.807) is 0 Å². The standard InChI is InChI=1S/C14H23NO2/c1-10-8-11(2)14(12(3)9-10)17-7-5-13(16)4-6-15/h8-9,13,16H,4-7,15H2,1-3H3. The summed E-state index contributed by atoms with van der Waals surface area (Å²) in [6.07, 6.45) is 0.908. The Hall–Kier alpha value is -1.06. The largest absolute Gasteiger partial charge is 0.493 e. The molecule has 3 heteroatoms. The lowest BCUT2D eigenvalue weighted by Crippen LogP contribution is -2.16. The van der Waals surface area contributed by atoms with Crippen LogP contribution in [0.3, 0.4) is 0 Å². The molecule has 1 atom stereocenters. The van der Waals surface area contributed by atoms with E-state index in [4.69, 9.17) is 10.5 Å². The first-order valence-electron chi connectivity index (χ1n) is 6.13. The molecule has 0 fully saturated rings. The summed E-state index contributed by atoms with van der Waals surface area (Å²) in [6.45, 7) is 7.22. The molecule has 0 aliphatic carbocycles. The van der Waals surface area contributed by atoms with Crippen LogP contribution in [-0.2, 0) is 0 Å². The first-order chi connectivity index (χ1) is 8.04. The van der Waals surface area contributed by atoms with E-state index in [-0.39, 0.29) is 6.10 Å². The summed E-state index contributed by atoms with van der Waals surface area (Å²) < 4.78 is 5.74. The number of hydrogen-bond donors (Lipinski definition) is 2. The molecule has 3 nitrogen and oxygen atoms in total. The molecule has 1 aromatic rings. The highest BCUT2D eigenvalue weighted by atomic mass is 16.5. The molecule has 3 N–H and O–H groups in total. The molecular weight excluding hydrogens is 214 g/mol. The number of aryl methyl sites for hydroxylation is 3. The van der Waals surface area contributed by atoms with E-state index in [0.29, 0.717) is 26.0 Å². The van der Waals surface area contributed by atoms with Crippen molar-refractivity contribution in [3.63, 3.8) is 0 Å². The monoisotopic (exact) mass is 237 g/mol. The fourth-order valence-electron chi connectivity index (χ4n) is 2.03. The predicted octanol–water partition coefficient (Wildman–Crippen LogP) is 2.09. The lowest BCUT2D eigenvalue weighted by atomic mass is 10.1. The van der Waals surface area contributed by atoms with Crippen LogP contribution in [-0.4, -0.2) is 24.4 Å². The molecule has 0 heterocycles. The van der Waals surface area contributed by atoms with Gasteiger partial charge in [-0.3, -0.25) is 0 Å². The molecular formula is C14H23NO2. The summed E-state index contributed by atoms with van der Waals surface area (Å²) in [5.41, 5.74) is 8.92. The van der Waals surface area contributed by atoms with Gasteiger partial charge in [-0.15, -0.1) is 0 Å². The van der Waals surface area contributed by atoms with Gasteiger partial charge in [0.05, 0.1) is 12.7 Å². The third kappa shape index (κ3) is 4.36. The molecule has 1 aromatic carbocycles. The van der Waals surface area contributed by atoms with Gasteiger partial charge in [-0.1, -0.05) is 17.7 Å². The first kappa shape index (κ1) is 14.0. The summed E-state index contributed by atoms with van der Waals surface area (Å²) in [6, 6.07) is 4.22. The Morgan fingerprint density at radius 1 is 1.18 bits per heavy atom. The van der Waals surface area contributed by atoms with Gasteiger partial charge >= 0.3 is 0 Å². The van der Waals surface area contributed by atoms with Gasteiger partial charge in [0.15, 0.2) is 0 Å². The highest BCUT2D eigenvalue weighted by molar-refractivity contribution is 5.42. The molecule has 0 bridgehead atoms. The summed E-state index contributed by atoms with van der Waals surface area (Å²) >= 11 is 0. The van der Waals surface area contributed by atoms with Crippen molar-refractivity contribution in [3.05, 3.63) is 28.8 Å². The van der Waals surface area contributed by atoms with E-state index in [0.717, 1.165) is 16.9 Å². The first-order valence-corrected chi connectivity index (χ1v) is 6.13. The van der Waals surface area contributed by atoms with Crippen molar-refractivity contribution >= 4 is 0 Å². The van der Waals surface area contributed by atoms with E-state index in [1.165, 1.54) is 5.56 Å². The highest BCUT2D eigenvalue weighted by Gasteiger charge is 2.07. The molecule has 0 spiro atoms. The van der Waals surface area contributed by atoms with E-state index in [1.807, 2.05) is 13.8 Å². The van der Waals surface area contributed by atoms with Crippen molar-refractivity contribution in [3.8, 4) is 5.75 Å². The van der Waals surface area contributed by atoms with Gasteiger partial charge in [0, 0.05) is 6.42 Å². The van der Waals surface area contributed by atoms with Gasteiger partial charge in [0.2, 0.25) is 0 Å². The van der Waals surface area contributed by atoms with Crippen LogP contribution >= 0.6 is 0 Å². The number of hydrogen-bond acceptors (Lipinski definition) is 3. The normalized spacial score (nSPS) is 12.5. The fourth-order valence-corrected chi connectivity index (χ4v) is 2.03. The van der Waals surface area contributed by atoms with Crippen molar-refractivity contribution in [1.29, 1.82) is 0 Å². The third-order valence-electron chi connectivity index (χ3n) is 2.80. The Morgan fingerprint density at radius 2 is 1.76 bits per heavy atom. The van der Waals surface area contributed by atoms with Gasteiger partial charge in [0.1, 0.15) is 5.75 Å². The Kier molecular flexibility index (Phi) is 5.45. The maximum absolute atomic E-state index is 9.55. The topological polar surface area (TPSA) is 55.5 Å². The van der Waals surface area contributed by atoms with Crippen LogP contribution in [0.15, 0.2) is 12.1 Å². The number of aliphatic hydroxyl groups excluding tert-OH is 1. The van der Waals surface area contributed by atoms with Gasteiger partial charge in [-0.05, 0) is 44.9 Å². The molecule has 0 saturated heterocycles. The van der Waals surface area contributed by atoms with Crippen molar-refractivity contribution in [2.75, 3.05) is 13.2 Å². The molecule has 0 aromatic heterocycles. The molecule has 0 aliphatic heterocycles. The van der Waals surface area contributed by atoms with Crippen molar-refractivity contribution in [2.24, 2.45) is 5.73 Å². The summed E-state index contributed by atoms with van der Waals surface area (Å²) in [5.74, 6) is 0.940. The van der Waals surface area contributed by atoms with E-state index >= 15 is 0 Å². The SMILES string of the molecule is Cc1cc(C)c(OCCC(O)CCN)c(C)c1. The zero-order valence-corrected chi connectivity index (χ0v) is 11.0. The molecule has 0 saturated carbocycles. The van der Waals surface area contributed by atoms with Crippen LogP contribution in [0, 0.1) is 20.8 Å². The number of aliphatic hydroxyl groups is 1. The van der Waals surface area contributed by atoms with Crippen LogP contribution in [0.4, 0.5) is 0 Å². The smallest absolute Gasteiger partial charge is 0.125 e. The number of benzene rings is 1. The minimum absolute atomic E-state index is 0.355. The number of nitrogens with two attached hydrogens (primary N) is 1. The van der Waals surface area contributed by atoms with Gasteiger partial charge < -0.3 is 15.6 Å². The fraction of sp³-hybridized carbons (Fsp3) is 0.571. The van der Waals surface area contributed by atoms with Gasteiger partial charge in [-0.25, -0.2) is 0 Å². The Labute approximate surface area is 104 Å². The average Bonchev–Trinajstić information content (AvgIpc) is 2.22. The average molecular weight is 237 g/mol. The molecule has 96 valence electrons. The maximum Gasteiger partial charge on any atom is 0.125 e. The van der Waals surface area contributed by atoms with Gasteiger partial charge in [-0.2, -0.15) is 0 Å². The van der Waals surface area contributed by atoms with Gasteiger partial charge in [0.25, 0.3) is 0 Å². The molecule has 0 radical (unpaired) electrons. The van der Waals surface area contributed by atoms with Crippen molar-refractivity contribution in [2.45, 2.75) is 39.7 Å². The third-order valence-corrected chi connectivity index (χ3v) is 2.80. The maximum atomic E-state index is 9.55. The summed E-state index contributed by atoms with van der Waals surface area (Å²) in [5, 5.41) is 9.55. The Bertz CT molecular complexity index is 340. The summed E-state index contributed by atoms with van der Waals surface area (Å²) in [7, 11) is 0. The zero-order chi connectivity index (χ0) is 12.8. The van der Waals surface area contributed by atoms with Crippen LogP contribution in [0.5, 0.6) is 5.75 Å². The number of rotatable bonds is 6. The zero-order valence-electron chi connectivity index (χ0n) is 11.0. The van der Waals surface area contributed by atoms with Crippen molar-refractivity contribution < 1.29 is 9.84 Å². The molecule has 17 heavy (non-hydrogen) atoms. The second kappa shape index (κ2) is 6.62. The summed E-state index contributed by atoms with van der Waals surface area (Å²) in [4.78, 5) is 0. The van der Waals surface area contributed by atoms with E-state index < -0.39 is 0 Å². The van der Waals surface area contributed by atoms with E-state index in [9.17, 15) is 5.11 Å². The van der Waals surface area contributed by atoms with Crippen LogP contribution in [0.2, 0.25) is 0 Å². The van der Waals surface area contributed by atoms with Crippen LogP contribution in [0.1, 0.15) is 29.5 Å². The lowest BCUT2D eigenvalue weighted by molar-refractivity contribution is 0.132. The van der Waals surface area contributed by atoms with Crippen LogP contribution in [0.25, 0.3) is 0 Å². The van der Waals surface area contributed by atoms with E-state index in [2.05, 4.69) is 19.1 Å². The highest BCUT2D eigenvalue weighted by Crippen LogP contribution is 2.24. The Balaban J connectivity index is 2.52. The quantitative estimate of drug-likeness (QED) is 0.796. The van der Waals surface area contributed by atoms with Crippen LogP contribution < -0.4 is 10.5 Å². The Morgan fingerprint density at radius 3 is 2.29 bits per heavy atom. The molecule has 0 aliphatic rings. The molecule has 1 unspecified atom stereocenters. The van der Waals surface area contributed by atoms with Crippen molar-refractivity contribution in [1.82, 2.24) is 0 Å².